The second kappa shape index (κ2) is 6.54. The molecule has 6 nitrogen and oxygen atoms in total. The predicted octanol–water partition coefficient (Wildman–Crippen LogP) is 2.27. The second-order valence-corrected chi connectivity index (χ2v) is 7.70. The van der Waals surface area contributed by atoms with Gasteiger partial charge in [0.15, 0.2) is 5.82 Å². The number of fused-ring (bicyclic) bond motifs is 5. The van der Waals surface area contributed by atoms with Crippen molar-refractivity contribution < 1.29 is 0 Å². The second-order valence-electron chi connectivity index (χ2n) is 6.81. The Hall–Kier alpha value is -1.31. The molecule has 0 bridgehead atoms. The van der Waals surface area contributed by atoms with Crippen LogP contribution < -0.4 is 11.5 Å². The van der Waals surface area contributed by atoms with Crippen molar-refractivity contribution in [1.82, 2.24) is 18.8 Å². The maximum Gasteiger partial charge on any atom is 0.151 e. The first-order valence-electron chi connectivity index (χ1n) is 8.90. The molecule has 130 valence electrons. The van der Waals surface area contributed by atoms with Crippen LogP contribution in [0.3, 0.4) is 0 Å². The SMILES string of the molecule is CSN1Cc2nc3c(N)nc4c(c3n2[C@@H](CCCN)C1)CCCC4. The summed E-state index contributed by atoms with van der Waals surface area (Å²) >= 11 is 1.79. The number of pyridine rings is 1. The van der Waals surface area contributed by atoms with Crippen molar-refractivity contribution in [3.05, 3.63) is 17.1 Å². The van der Waals surface area contributed by atoms with Crippen molar-refractivity contribution in [2.24, 2.45) is 5.73 Å². The van der Waals surface area contributed by atoms with Gasteiger partial charge in [-0.05, 0) is 56.9 Å². The van der Waals surface area contributed by atoms with Gasteiger partial charge in [0.05, 0.1) is 12.1 Å². The molecule has 0 saturated heterocycles. The fourth-order valence-corrected chi connectivity index (χ4v) is 4.73. The molecule has 1 atom stereocenters. The summed E-state index contributed by atoms with van der Waals surface area (Å²) < 4.78 is 4.86. The quantitative estimate of drug-likeness (QED) is 0.826. The highest BCUT2D eigenvalue weighted by Gasteiger charge is 2.31. The van der Waals surface area contributed by atoms with E-state index in [0.717, 1.165) is 56.7 Å². The standard InChI is InChI=1S/C17H26N6S/c1-24-22-9-11(5-4-8-18)23-14(10-22)21-15-16(23)12-6-2-3-7-13(12)20-17(15)19/h11H,2-10,18H2,1H3,(H2,19,20)/t11-/m0/s1. The number of nitrogens with zero attached hydrogens (tertiary/aromatic N) is 4. The van der Waals surface area contributed by atoms with Gasteiger partial charge in [-0.1, -0.05) is 11.9 Å². The summed E-state index contributed by atoms with van der Waals surface area (Å²) in [6.07, 6.45) is 8.84. The maximum atomic E-state index is 6.28. The van der Waals surface area contributed by atoms with Crippen LogP contribution in [0.4, 0.5) is 5.82 Å². The summed E-state index contributed by atoms with van der Waals surface area (Å²) in [6, 6.07) is 0.419. The molecule has 0 saturated carbocycles. The average Bonchev–Trinajstić information content (AvgIpc) is 3.00. The third kappa shape index (κ3) is 2.59. The van der Waals surface area contributed by atoms with Crippen LogP contribution in [-0.4, -0.2) is 38.2 Å². The van der Waals surface area contributed by atoms with Gasteiger partial charge < -0.3 is 16.0 Å². The molecule has 4 rings (SSSR count). The third-order valence-corrected chi connectivity index (χ3v) is 6.10. The number of imidazole rings is 1. The van der Waals surface area contributed by atoms with Crippen molar-refractivity contribution >= 4 is 28.8 Å². The van der Waals surface area contributed by atoms with Crippen LogP contribution >= 0.6 is 11.9 Å². The maximum absolute atomic E-state index is 6.28. The molecule has 3 heterocycles. The van der Waals surface area contributed by atoms with E-state index in [-0.39, 0.29) is 0 Å². The smallest absolute Gasteiger partial charge is 0.151 e. The Balaban J connectivity index is 1.91. The van der Waals surface area contributed by atoms with Gasteiger partial charge in [-0.2, -0.15) is 0 Å². The lowest BCUT2D eigenvalue weighted by molar-refractivity contribution is 0.290. The number of aryl methyl sites for hydroxylation is 2. The first-order valence-corrected chi connectivity index (χ1v) is 10.1. The van der Waals surface area contributed by atoms with Gasteiger partial charge in [0.2, 0.25) is 0 Å². The number of anilines is 1. The summed E-state index contributed by atoms with van der Waals surface area (Å²) in [5.74, 6) is 1.72. The molecular formula is C17H26N6S. The Labute approximate surface area is 147 Å². The predicted molar refractivity (Wildman–Crippen MR) is 99.8 cm³/mol. The number of rotatable bonds is 4. The zero-order valence-electron chi connectivity index (χ0n) is 14.3. The molecule has 0 amide bonds. The number of hydrogen-bond acceptors (Lipinski definition) is 6. The highest BCUT2D eigenvalue weighted by Crippen LogP contribution is 2.37. The fraction of sp³-hybridized carbons (Fsp3) is 0.647. The monoisotopic (exact) mass is 346 g/mol. The summed E-state index contributed by atoms with van der Waals surface area (Å²) in [5, 5.41) is 0. The van der Waals surface area contributed by atoms with E-state index in [9.17, 15) is 0 Å². The molecule has 0 radical (unpaired) electrons. The van der Waals surface area contributed by atoms with Crippen LogP contribution in [0.25, 0.3) is 11.0 Å². The van der Waals surface area contributed by atoms with Crippen molar-refractivity contribution in [2.45, 2.75) is 51.1 Å². The lowest BCUT2D eigenvalue weighted by Crippen LogP contribution is -2.33. The first kappa shape index (κ1) is 16.2. The van der Waals surface area contributed by atoms with Gasteiger partial charge in [0.25, 0.3) is 0 Å². The molecule has 7 heteroatoms. The molecule has 24 heavy (non-hydrogen) atoms. The number of hydrogen-bond donors (Lipinski definition) is 2. The van der Waals surface area contributed by atoms with Gasteiger partial charge in [-0.3, -0.25) is 0 Å². The van der Waals surface area contributed by atoms with Gasteiger partial charge >= 0.3 is 0 Å². The molecule has 2 aromatic heterocycles. The minimum absolute atomic E-state index is 0.419. The Kier molecular flexibility index (Phi) is 4.40. The molecule has 0 aromatic carbocycles. The Morgan fingerprint density at radius 1 is 1.25 bits per heavy atom. The van der Waals surface area contributed by atoms with Crippen LogP contribution in [0, 0.1) is 0 Å². The first-order chi connectivity index (χ1) is 11.7. The topological polar surface area (TPSA) is 86.0 Å². The van der Waals surface area contributed by atoms with Crippen LogP contribution in [0.15, 0.2) is 0 Å². The zero-order chi connectivity index (χ0) is 16.7. The van der Waals surface area contributed by atoms with Gasteiger partial charge in [-0.15, -0.1) is 0 Å². The van der Waals surface area contributed by atoms with E-state index in [1.807, 2.05) is 0 Å². The average molecular weight is 347 g/mol. The minimum Gasteiger partial charge on any atom is -0.382 e. The summed E-state index contributed by atoms with van der Waals surface area (Å²) in [6.45, 7) is 2.64. The highest BCUT2D eigenvalue weighted by molar-refractivity contribution is 7.96. The van der Waals surface area contributed by atoms with E-state index in [1.54, 1.807) is 11.9 Å². The molecular weight excluding hydrogens is 320 g/mol. The Bertz CT molecular complexity index is 755. The van der Waals surface area contributed by atoms with E-state index < -0.39 is 0 Å². The van der Waals surface area contributed by atoms with Crippen molar-refractivity contribution in [1.29, 1.82) is 0 Å². The Morgan fingerprint density at radius 2 is 2.08 bits per heavy atom. The third-order valence-electron chi connectivity index (χ3n) is 5.30. The fourth-order valence-electron chi connectivity index (χ4n) is 4.17. The lowest BCUT2D eigenvalue weighted by Gasteiger charge is -2.33. The molecule has 1 aliphatic carbocycles. The van der Waals surface area contributed by atoms with Gasteiger partial charge in [0, 0.05) is 18.3 Å². The van der Waals surface area contributed by atoms with E-state index in [1.165, 1.54) is 29.6 Å². The molecule has 2 aromatic rings. The van der Waals surface area contributed by atoms with E-state index >= 15 is 0 Å². The van der Waals surface area contributed by atoms with Crippen molar-refractivity contribution in [2.75, 3.05) is 25.1 Å². The number of aromatic nitrogens is 3. The van der Waals surface area contributed by atoms with Crippen LogP contribution in [0.2, 0.25) is 0 Å². The van der Waals surface area contributed by atoms with Crippen LogP contribution in [0.1, 0.15) is 48.8 Å². The van der Waals surface area contributed by atoms with E-state index in [4.69, 9.17) is 16.5 Å². The van der Waals surface area contributed by atoms with Crippen LogP contribution in [-0.2, 0) is 19.4 Å². The molecule has 2 aliphatic rings. The van der Waals surface area contributed by atoms with Crippen molar-refractivity contribution in [3.63, 3.8) is 0 Å². The largest absolute Gasteiger partial charge is 0.382 e. The van der Waals surface area contributed by atoms with Gasteiger partial charge in [0.1, 0.15) is 11.3 Å². The van der Waals surface area contributed by atoms with E-state index in [0.29, 0.717) is 11.9 Å². The molecule has 0 spiro atoms. The van der Waals surface area contributed by atoms with E-state index in [2.05, 4.69) is 20.1 Å². The van der Waals surface area contributed by atoms with Crippen LogP contribution in [0.5, 0.6) is 0 Å². The van der Waals surface area contributed by atoms with Gasteiger partial charge in [-0.25, -0.2) is 14.3 Å². The summed E-state index contributed by atoms with van der Waals surface area (Å²) in [7, 11) is 0. The molecule has 0 unspecified atom stereocenters. The normalized spacial score (nSPS) is 21.0. The number of nitrogens with two attached hydrogens (primary N) is 2. The molecule has 4 N–H and O–H groups in total. The zero-order valence-corrected chi connectivity index (χ0v) is 15.1. The summed E-state index contributed by atoms with van der Waals surface area (Å²) in [5.41, 5.74) is 16.8. The highest BCUT2D eigenvalue weighted by atomic mass is 32.2. The van der Waals surface area contributed by atoms with Crippen molar-refractivity contribution in [3.8, 4) is 0 Å². The Morgan fingerprint density at radius 3 is 2.88 bits per heavy atom. The summed E-state index contributed by atoms with van der Waals surface area (Å²) in [4.78, 5) is 9.58. The number of nitrogen functional groups attached to an aromatic ring is 1. The lowest BCUT2D eigenvalue weighted by atomic mass is 9.94. The minimum atomic E-state index is 0.419. The molecule has 1 aliphatic heterocycles. The molecule has 0 fully saturated rings.